The molecule has 1 aliphatic heterocycles. The topological polar surface area (TPSA) is 65.0 Å². The van der Waals surface area contributed by atoms with E-state index < -0.39 is 17.7 Å². The lowest BCUT2D eigenvalue weighted by molar-refractivity contribution is -0.226. The molecule has 0 saturated carbocycles. The lowest BCUT2D eigenvalue weighted by Crippen LogP contribution is -2.46. The fourth-order valence-corrected chi connectivity index (χ4v) is 1.72. The summed E-state index contributed by atoms with van der Waals surface area (Å²) in [6.45, 7) is 5.89. The molecule has 100 valence electrons. The molecule has 1 saturated heterocycles. The second kappa shape index (κ2) is 6.44. The summed E-state index contributed by atoms with van der Waals surface area (Å²) in [5, 5.41) is 9.49. The number of rotatable bonds is 6. The third-order valence-electron chi connectivity index (χ3n) is 2.71. The van der Waals surface area contributed by atoms with E-state index in [2.05, 4.69) is 0 Å². The van der Waals surface area contributed by atoms with Crippen LogP contribution >= 0.6 is 0 Å². The van der Waals surface area contributed by atoms with Crippen LogP contribution in [0.5, 0.6) is 0 Å². The zero-order valence-corrected chi connectivity index (χ0v) is 10.8. The Morgan fingerprint density at radius 3 is 2.76 bits per heavy atom. The van der Waals surface area contributed by atoms with Gasteiger partial charge in [0.1, 0.15) is 5.60 Å². The Morgan fingerprint density at radius 2 is 2.24 bits per heavy atom. The molecule has 0 bridgehead atoms. The van der Waals surface area contributed by atoms with Crippen LogP contribution in [0.15, 0.2) is 0 Å². The Balaban J connectivity index is 2.50. The summed E-state index contributed by atoms with van der Waals surface area (Å²) in [6.07, 6.45) is 1.04. The average Bonchev–Trinajstić information content (AvgIpc) is 2.29. The van der Waals surface area contributed by atoms with E-state index in [1.807, 2.05) is 0 Å². The SMILES string of the molecule is CCOC(O)C(=O)C(C)(C)OC1CCCCO1. The summed E-state index contributed by atoms with van der Waals surface area (Å²) >= 11 is 0. The van der Waals surface area contributed by atoms with E-state index in [0.717, 1.165) is 19.3 Å². The standard InChI is InChI=1S/C12H22O5/c1-4-15-11(14)10(13)12(2,3)17-9-7-5-6-8-16-9/h9,11,14H,4-8H2,1-3H3. The van der Waals surface area contributed by atoms with Crippen LogP contribution in [0.4, 0.5) is 0 Å². The molecular weight excluding hydrogens is 224 g/mol. The van der Waals surface area contributed by atoms with Crippen LogP contribution in [0.25, 0.3) is 0 Å². The predicted octanol–water partition coefficient (Wildman–Crippen LogP) is 1.23. The molecule has 1 rings (SSSR count). The first-order valence-electron chi connectivity index (χ1n) is 6.10. The molecule has 2 unspecified atom stereocenters. The monoisotopic (exact) mass is 246 g/mol. The second-order valence-corrected chi connectivity index (χ2v) is 4.60. The molecule has 5 heteroatoms. The van der Waals surface area contributed by atoms with Crippen molar-refractivity contribution in [1.29, 1.82) is 0 Å². The van der Waals surface area contributed by atoms with Crippen molar-refractivity contribution in [3.8, 4) is 0 Å². The Morgan fingerprint density at radius 1 is 1.53 bits per heavy atom. The van der Waals surface area contributed by atoms with Gasteiger partial charge in [-0.15, -0.1) is 0 Å². The van der Waals surface area contributed by atoms with Crippen LogP contribution in [-0.4, -0.2) is 42.3 Å². The minimum atomic E-state index is -1.43. The van der Waals surface area contributed by atoms with Crippen molar-refractivity contribution in [2.75, 3.05) is 13.2 Å². The molecule has 17 heavy (non-hydrogen) atoms. The van der Waals surface area contributed by atoms with Gasteiger partial charge < -0.3 is 19.3 Å². The van der Waals surface area contributed by atoms with E-state index >= 15 is 0 Å². The van der Waals surface area contributed by atoms with Crippen LogP contribution < -0.4 is 0 Å². The molecule has 1 heterocycles. The van der Waals surface area contributed by atoms with Gasteiger partial charge >= 0.3 is 0 Å². The molecule has 5 nitrogen and oxygen atoms in total. The van der Waals surface area contributed by atoms with Crippen molar-refractivity contribution < 1.29 is 24.1 Å². The van der Waals surface area contributed by atoms with E-state index in [0.29, 0.717) is 6.61 Å². The lowest BCUT2D eigenvalue weighted by atomic mass is 10.0. The maximum absolute atomic E-state index is 11.9. The summed E-state index contributed by atoms with van der Waals surface area (Å²) in [4.78, 5) is 11.9. The van der Waals surface area contributed by atoms with Crippen LogP contribution in [0.2, 0.25) is 0 Å². The lowest BCUT2D eigenvalue weighted by Gasteiger charge is -2.32. The van der Waals surface area contributed by atoms with E-state index in [-0.39, 0.29) is 12.9 Å². The molecule has 0 aliphatic carbocycles. The second-order valence-electron chi connectivity index (χ2n) is 4.60. The van der Waals surface area contributed by atoms with Crippen molar-refractivity contribution in [2.45, 2.75) is 58.2 Å². The minimum absolute atomic E-state index is 0.281. The highest BCUT2D eigenvalue weighted by Gasteiger charge is 2.37. The van der Waals surface area contributed by atoms with Crippen molar-refractivity contribution in [2.24, 2.45) is 0 Å². The number of Topliss-reactive ketones (excluding diaryl/α,β-unsaturated/α-hetero) is 1. The van der Waals surface area contributed by atoms with Crippen LogP contribution in [0, 0.1) is 0 Å². The van der Waals surface area contributed by atoms with Crippen molar-refractivity contribution in [1.82, 2.24) is 0 Å². The van der Waals surface area contributed by atoms with Gasteiger partial charge in [-0.1, -0.05) is 0 Å². The average molecular weight is 246 g/mol. The highest BCUT2D eigenvalue weighted by Crippen LogP contribution is 2.22. The van der Waals surface area contributed by atoms with Gasteiger partial charge in [0.15, 0.2) is 6.29 Å². The number of carbonyl (C=O) groups excluding carboxylic acids is 1. The van der Waals surface area contributed by atoms with Gasteiger partial charge in [0.25, 0.3) is 0 Å². The number of aliphatic hydroxyl groups is 1. The molecule has 0 amide bonds. The van der Waals surface area contributed by atoms with Crippen molar-refractivity contribution >= 4 is 5.78 Å². The van der Waals surface area contributed by atoms with Crippen LogP contribution in [0.3, 0.4) is 0 Å². The van der Waals surface area contributed by atoms with Gasteiger partial charge in [-0.3, -0.25) is 4.79 Å². The first-order chi connectivity index (χ1) is 7.97. The number of hydrogen-bond donors (Lipinski definition) is 1. The Labute approximate surface area is 102 Å². The maximum Gasteiger partial charge on any atom is 0.219 e. The van der Waals surface area contributed by atoms with Crippen LogP contribution in [-0.2, 0) is 19.0 Å². The van der Waals surface area contributed by atoms with E-state index in [9.17, 15) is 9.90 Å². The largest absolute Gasteiger partial charge is 0.362 e. The molecule has 1 fully saturated rings. The Hall–Kier alpha value is -0.490. The zero-order valence-electron chi connectivity index (χ0n) is 10.8. The molecule has 0 spiro atoms. The zero-order chi connectivity index (χ0) is 12.9. The Bertz CT molecular complexity index is 245. The molecular formula is C12H22O5. The molecule has 1 N–H and O–H groups in total. The van der Waals surface area contributed by atoms with E-state index in [1.165, 1.54) is 0 Å². The third-order valence-corrected chi connectivity index (χ3v) is 2.71. The minimum Gasteiger partial charge on any atom is -0.362 e. The van der Waals surface area contributed by atoms with Crippen molar-refractivity contribution in [3.63, 3.8) is 0 Å². The third kappa shape index (κ3) is 4.35. The molecule has 0 aromatic carbocycles. The van der Waals surface area contributed by atoms with Gasteiger partial charge in [0.2, 0.25) is 12.1 Å². The highest BCUT2D eigenvalue weighted by molar-refractivity contribution is 5.89. The molecule has 0 aromatic rings. The number of ether oxygens (including phenoxy) is 3. The fourth-order valence-electron chi connectivity index (χ4n) is 1.72. The van der Waals surface area contributed by atoms with Gasteiger partial charge in [-0.2, -0.15) is 0 Å². The van der Waals surface area contributed by atoms with Crippen molar-refractivity contribution in [3.05, 3.63) is 0 Å². The van der Waals surface area contributed by atoms with Crippen LogP contribution in [0.1, 0.15) is 40.0 Å². The van der Waals surface area contributed by atoms with Gasteiger partial charge in [0.05, 0.1) is 0 Å². The molecule has 0 radical (unpaired) electrons. The summed E-state index contributed by atoms with van der Waals surface area (Å²) in [7, 11) is 0. The van der Waals surface area contributed by atoms with Gasteiger partial charge in [-0.05, 0) is 40.0 Å². The molecule has 2 atom stereocenters. The number of aliphatic hydroxyl groups excluding tert-OH is 1. The normalized spacial score (nSPS) is 23.4. The summed E-state index contributed by atoms with van der Waals surface area (Å²) in [6, 6.07) is 0. The number of hydrogen-bond acceptors (Lipinski definition) is 5. The number of ketones is 1. The van der Waals surface area contributed by atoms with Gasteiger partial charge in [0, 0.05) is 13.2 Å². The fraction of sp³-hybridized carbons (Fsp3) is 0.917. The summed E-state index contributed by atoms with van der Waals surface area (Å²) in [5.41, 5.74) is -1.10. The quantitative estimate of drug-likeness (QED) is 0.714. The summed E-state index contributed by atoms with van der Waals surface area (Å²) in [5.74, 6) is -0.478. The highest BCUT2D eigenvalue weighted by atomic mass is 16.7. The first kappa shape index (κ1) is 14.6. The number of carbonyl (C=O) groups is 1. The molecule has 1 aliphatic rings. The van der Waals surface area contributed by atoms with E-state index in [1.54, 1.807) is 20.8 Å². The summed E-state index contributed by atoms with van der Waals surface area (Å²) < 4.78 is 15.9. The Kier molecular flexibility index (Phi) is 5.52. The smallest absolute Gasteiger partial charge is 0.219 e. The van der Waals surface area contributed by atoms with E-state index in [4.69, 9.17) is 14.2 Å². The van der Waals surface area contributed by atoms with Gasteiger partial charge in [-0.25, -0.2) is 0 Å². The first-order valence-corrected chi connectivity index (χ1v) is 6.10. The predicted molar refractivity (Wildman–Crippen MR) is 61.4 cm³/mol. The molecule has 0 aromatic heterocycles. The maximum atomic E-state index is 11.9.